The minimum absolute atomic E-state index is 0.444. The third-order valence-corrected chi connectivity index (χ3v) is 3.36. The molecule has 0 aliphatic rings. The van der Waals surface area contributed by atoms with E-state index in [2.05, 4.69) is 24.1 Å². The maximum absolute atomic E-state index is 6.11. The topological polar surface area (TPSA) is 24.9 Å². The van der Waals surface area contributed by atoms with Crippen LogP contribution in [-0.4, -0.2) is 11.0 Å². The average molecular weight is 275 g/mol. The van der Waals surface area contributed by atoms with Gasteiger partial charge in [0.2, 0.25) is 0 Å². The molecule has 0 saturated carbocycles. The first kappa shape index (κ1) is 14.6. The Morgan fingerprint density at radius 2 is 2.06 bits per heavy atom. The van der Waals surface area contributed by atoms with Crippen molar-refractivity contribution >= 4 is 28.9 Å². The van der Waals surface area contributed by atoms with Crippen LogP contribution in [0.5, 0.6) is 0 Å². The second-order valence-electron chi connectivity index (χ2n) is 4.32. The van der Waals surface area contributed by atoms with Crippen LogP contribution in [0.15, 0.2) is 6.07 Å². The van der Waals surface area contributed by atoms with Crippen molar-refractivity contribution in [2.75, 3.05) is 5.32 Å². The quantitative estimate of drug-likeness (QED) is 0.732. The van der Waals surface area contributed by atoms with Crippen molar-refractivity contribution in [1.82, 2.24) is 4.98 Å². The standard InChI is InChI=1S/C13H20Cl2N2/c1-4-6-7-10(5-2)16-12-9(3)8-11(14)17-13(12)15/h8,10,16H,4-7H2,1-3H3. The molecule has 96 valence electrons. The van der Waals surface area contributed by atoms with Crippen molar-refractivity contribution in [3.05, 3.63) is 21.9 Å². The average Bonchev–Trinajstić information content (AvgIpc) is 2.27. The molecule has 17 heavy (non-hydrogen) atoms. The predicted molar refractivity (Wildman–Crippen MR) is 76.2 cm³/mol. The first-order chi connectivity index (χ1) is 8.08. The number of anilines is 1. The molecular formula is C13H20Cl2N2. The Balaban J connectivity index is 2.78. The van der Waals surface area contributed by atoms with E-state index < -0.39 is 0 Å². The third kappa shape index (κ3) is 4.36. The van der Waals surface area contributed by atoms with E-state index >= 15 is 0 Å². The van der Waals surface area contributed by atoms with Crippen LogP contribution in [0, 0.1) is 6.92 Å². The summed E-state index contributed by atoms with van der Waals surface area (Å²) in [5.41, 5.74) is 1.96. The van der Waals surface area contributed by atoms with Gasteiger partial charge in [-0.15, -0.1) is 0 Å². The summed E-state index contributed by atoms with van der Waals surface area (Å²) < 4.78 is 0. The second-order valence-corrected chi connectivity index (χ2v) is 5.06. The van der Waals surface area contributed by atoms with Gasteiger partial charge in [0.1, 0.15) is 5.15 Å². The summed E-state index contributed by atoms with van der Waals surface area (Å²) in [4.78, 5) is 4.07. The number of nitrogens with one attached hydrogen (secondary N) is 1. The predicted octanol–water partition coefficient (Wildman–Crippen LogP) is 5.08. The molecule has 1 aromatic rings. The molecule has 0 amide bonds. The molecule has 1 rings (SSSR count). The minimum atomic E-state index is 0.444. The van der Waals surface area contributed by atoms with E-state index in [1.54, 1.807) is 0 Å². The summed E-state index contributed by atoms with van der Waals surface area (Å²) in [6.45, 7) is 6.38. The molecule has 0 bridgehead atoms. The maximum atomic E-state index is 6.11. The van der Waals surface area contributed by atoms with Crippen LogP contribution < -0.4 is 5.32 Å². The van der Waals surface area contributed by atoms with Gasteiger partial charge in [0.15, 0.2) is 5.15 Å². The molecule has 2 nitrogen and oxygen atoms in total. The molecule has 4 heteroatoms. The molecule has 0 spiro atoms. The van der Waals surface area contributed by atoms with Gasteiger partial charge in [0, 0.05) is 6.04 Å². The first-order valence-electron chi connectivity index (χ1n) is 6.17. The van der Waals surface area contributed by atoms with Crippen molar-refractivity contribution in [3.63, 3.8) is 0 Å². The number of pyridine rings is 1. The van der Waals surface area contributed by atoms with Crippen LogP contribution in [0.4, 0.5) is 5.69 Å². The highest BCUT2D eigenvalue weighted by Crippen LogP contribution is 2.28. The molecule has 1 N–H and O–H groups in total. The van der Waals surface area contributed by atoms with E-state index in [0.29, 0.717) is 16.3 Å². The van der Waals surface area contributed by atoms with Crippen LogP contribution in [-0.2, 0) is 0 Å². The normalized spacial score (nSPS) is 12.5. The molecule has 0 fully saturated rings. The number of aryl methyl sites for hydroxylation is 1. The lowest BCUT2D eigenvalue weighted by Gasteiger charge is -2.20. The van der Waals surface area contributed by atoms with E-state index in [9.17, 15) is 0 Å². The van der Waals surface area contributed by atoms with Crippen LogP contribution in [0.25, 0.3) is 0 Å². The van der Waals surface area contributed by atoms with Crippen LogP contribution in [0.1, 0.15) is 45.1 Å². The van der Waals surface area contributed by atoms with Crippen molar-refractivity contribution < 1.29 is 0 Å². The molecule has 0 aliphatic carbocycles. The molecule has 0 aliphatic heterocycles. The lowest BCUT2D eigenvalue weighted by Crippen LogP contribution is -2.19. The third-order valence-electron chi connectivity index (χ3n) is 2.89. The Morgan fingerprint density at radius 1 is 1.35 bits per heavy atom. The molecule has 0 aromatic carbocycles. The van der Waals surface area contributed by atoms with Gasteiger partial charge in [-0.1, -0.05) is 49.9 Å². The van der Waals surface area contributed by atoms with Gasteiger partial charge in [-0.25, -0.2) is 4.98 Å². The Morgan fingerprint density at radius 3 is 2.59 bits per heavy atom. The SMILES string of the molecule is CCCCC(CC)Nc1c(C)cc(Cl)nc1Cl. The largest absolute Gasteiger partial charge is 0.380 e. The summed E-state index contributed by atoms with van der Waals surface area (Å²) in [6.07, 6.45) is 4.68. The highest BCUT2D eigenvalue weighted by atomic mass is 35.5. The Labute approximate surface area is 114 Å². The Hall–Kier alpha value is -0.470. The Bertz CT molecular complexity index is 343. The van der Waals surface area contributed by atoms with Crippen molar-refractivity contribution in [3.8, 4) is 0 Å². The fourth-order valence-electron chi connectivity index (χ4n) is 1.80. The fourth-order valence-corrected chi connectivity index (χ4v) is 2.39. The molecule has 1 atom stereocenters. The summed E-state index contributed by atoms with van der Waals surface area (Å²) in [7, 11) is 0. The van der Waals surface area contributed by atoms with E-state index in [1.165, 1.54) is 12.8 Å². The van der Waals surface area contributed by atoms with E-state index in [4.69, 9.17) is 23.2 Å². The number of unbranched alkanes of at least 4 members (excludes halogenated alkanes) is 1. The van der Waals surface area contributed by atoms with Crippen molar-refractivity contribution in [2.24, 2.45) is 0 Å². The monoisotopic (exact) mass is 274 g/mol. The van der Waals surface area contributed by atoms with Gasteiger partial charge < -0.3 is 5.32 Å². The summed E-state index contributed by atoms with van der Waals surface area (Å²) in [5.74, 6) is 0. The van der Waals surface area contributed by atoms with Gasteiger partial charge >= 0.3 is 0 Å². The number of aromatic nitrogens is 1. The molecule has 1 aromatic heterocycles. The molecule has 1 unspecified atom stereocenters. The first-order valence-corrected chi connectivity index (χ1v) is 6.93. The van der Waals surface area contributed by atoms with Gasteiger partial charge in [-0.3, -0.25) is 0 Å². The summed E-state index contributed by atoms with van der Waals surface area (Å²) in [6, 6.07) is 2.29. The minimum Gasteiger partial charge on any atom is -0.380 e. The second kappa shape index (κ2) is 7.07. The van der Waals surface area contributed by atoms with Crippen LogP contribution in [0.3, 0.4) is 0 Å². The van der Waals surface area contributed by atoms with Gasteiger partial charge in [0.25, 0.3) is 0 Å². The zero-order valence-electron chi connectivity index (χ0n) is 10.7. The van der Waals surface area contributed by atoms with Gasteiger partial charge in [-0.05, 0) is 31.4 Å². The summed E-state index contributed by atoms with van der Waals surface area (Å²) in [5, 5.41) is 4.38. The van der Waals surface area contributed by atoms with Crippen LogP contribution >= 0.6 is 23.2 Å². The Kier molecular flexibility index (Phi) is 6.07. The molecular weight excluding hydrogens is 255 g/mol. The number of hydrogen-bond donors (Lipinski definition) is 1. The highest BCUT2D eigenvalue weighted by molar-refractivity contribution is 6.34. The van der Waals surface area contributed by atoms with Crippen molar-refractivity contribution in [2.45, 2.75) is 52.5 Å². The fraction of sp³-hybridized carbons (Fsp3) is 0.615. The number of halogens is 2. The van der Waals surface area contributed by atoms with E-state index in [1.807, 2.05) is 13.0 Å². The zero-order valence-corrected chi connectivity index (χ0v) is 12.2. The highest BCUT2D eigenvalue weighted by Gasteiger charge is 2.12. The summed E-state index contributed by atoms with van der Waals surface area (Å²) >= 11 is 12.0. The smallest absolute Gasteiger partial charge is 0.154 e. The lowest BCUT2D eigenvalue weighted by molar-refractivity contribution is 0.593. The number of rotatable bonds is 6. The van der Waals surface area contributed by atoms with E-state index in [-0.39, 0.29) is 0 Å². The van der Waals surface area contributed by atoms with Crippen molar-refractivity contribution in [1.29, 1.82) is 0 Å². The lowest BCUT2D eigenvalue weighted by atomic mass is 10.1. The van der Waals surface area contributed by atoms with E-state index in [0.717, 1.165) is 24.1 Å². The number of hydrogen-bond acceptors (Lipinski definition) is 2. The zero-order chi connectivity index (χ0) is 12.8. The van der Waals surface area contributed by atoms with Crippen LogP contribution in [0.2, 0.25) is 10.3 Å². The van der Waals surface area contributed by atoms with Gasteiger partial charge in [-0.2, -0.15) is 0 Å². The molecule has 0 saturated heterocycles. The molecule has 0 radical (unpaired) electrons. The number of nitrogens with zero attached hydrogens (tertiary/aromatic N) is 1. The van der Waals surface area contributed by atoms with Gasteiger partial charge in [0.05, 0.1) is 5.69 Å². The maximum Gasteiger partial charge on any atom is 0.154 e. The molecule has 1 heterocycles.